The molecule has 2 aliphatic rings. The minimum absolute atomic E-state index is 0.0762. The highest BCUT2D eigenvalue weighted by Crippen LogP contribution is 2.48. The van der Waals surface area contributed by atoms with Crippen LogP contribution >= 0.6 is 23.8 Å². The average molecular weight is 433 g/mol. The maximum Gasteiger partial charge on any atom is 0.186 e. The highest BCUT2D eigenvalue weighted by atomic mass is 35.5. The normalized spacial score (nSPS) is 25.0. The van der Waals surface area contributed by atoms with Gasteiger partial charge in [-0.15, -0.1) is 0 Å². The first-order valence-electron chi connectivity index (χ1n) is 9.65. The number of halogens is 1. The van der Waals surface area contributed by atoms with Gasteiger partial charge >= 0.3 is 0 Å². The van der Waals surface area contributed by atoms with Gasteiger partial charge < -0.3 is 24.4 Å². The SMILES string of the molecule is COc1ccc(CCN2C(=S)NC3c4cc(Cl)ccc4OC2(C)C3C)cc1OC. The molecule has 0 spiro atoms. The summed E-state index contributed by atoms with van der Waals surface area (Å²) in [6, 6.07) is 11.8. The van der Waals surface area contributed by atoms with Crippen LogP contribution in [0, 0.1) is 5.92 Å². The molecule has 0 radical (unpaired) electrons. The largest absolute Gasteiger partial charge is 0.493 e. The number of nitrogens with one attached hydrogen (secondary N) is 1. The Morgan fingerprint density at radius 1 is 1.17 bits per heavy atom. The summed E-state index contributed by atoms with van der Waals surface area (Å²) in [5, 5.41) is 4.90. The van der Waals surface area contributed by atoms with Gasteiger partial charge in [0.2, 0.25) is 0 Å². The number of hydrogen-bond donors (Lipinski definition) is 1. The molecule has 1 N–H and O–H groups in total. The van der Waals surface area contributed by atoms with Crippen molar-refractivity contribution in [2.45, 2.75) is 32.0 Å². The lowest BCUT2D eigenvalue weighted by Gasteiger charge is -2.56. The van der Waals surface area contributed by atoms with Crippen LogP contribution in [0.15, 0.2) is 36.4 Å². The van der Waals surface area contributed by atoms with Crippen molar-refractivity contribution in [2.75, 3.05) is 20.8 Å². The first kappa shape index (κ1) is 20.1. The Labute approximate surface area is 181 Å². The predicted octanol–water partition coefficient (Wildman–Crippen LogP) is 4.58. The summed E-state index contributed by atoms with van der Waals surface area (Å²) in [4.78, 5) is 2.15. The minimum atomic E-state index is -0.537. The molecule has 2 aliphatic heterocycles. The zero-order valence-electron chi connectivity index (χ0n) is 17.0. The average Bonchev–Trinajstić information content (AvgIpc) is 2.71. The molecule has 1 saturated heterocycles. The summed E-state index contributed by atoms with van der Waals surface area (Å²) >= 11 is 11.9. The molecule has 7 heteroatoms. The molecule has 0 aliphatic carbocycles. The second-order valence-electron chi connectivity index (χ2n) is 7.65. The van der Waals surface area contributed by atoms with Crippen molar-refractivity contribution in [3.63, 3.8) is 0 Å². The van der Waals surface area contributed by atoms with Gasteiger partial charge in [-0.1, -0.05) is 24.6 Å². The first-order chi connectivity index (χ1) is 13.9. The van der Waals surface area contributed by atoms with Gasteiger partial charge in [0.25, 0.3) is 0 Å². The number of benzene rings is 2. The van der Waals surface area contributed by atoms with Crippen molar-refractivity contribution >= 4 is 28.9 Å². The van der Waals surface area contributed by atoms with E-state index in [1.165, 1.54) is 0 Å². The van der Waals surface area contributed by atoms with E-state index in [-0.39, 0.29) is 12.0 Å². The van der Waals surface area contributed by atoms with E-state index in [0.29, 0.717) is 10.1 Å². The number of thiocarbonyl (C=S) groups is 1. The Balaban J connectivity index is 1.59. The lowest BCUT2D eigenvalue weighted by molar-refractivity contribution is -0.110. The highest BCUT2D eigenvalue weighted by molar-refractivity contribution is 7.80. The summed E-state index contributed by atoms with van der Waals surface area (Å²) in [5.41, 5.74) is 1.67. The van der Waals surface area contributed by atoms with Crippen LogP contribution in [0.5, 0.6) is 17.2 Å². The van der Waals surface area contributed by atoms with Gasteiger partial charge in [-0.3, -0.25) is 0 Å². The Kier molecular flexibility index (Phi) is 5.25. The molecule has 2 aromatic rings. The molecule has 0 aromatic heterocycles. The van der Waals surface area contributed by atoms with Gasteiger partial charge in [0.05, 0.1) is 20.3 Å². The third kappa shape index (κ3) is 3.38. The molecule has 2 heterocycles. The number of rotatable bonds is 5. The molecule has 154 valence electrons. The molecule has 2 bridgehead atoms. The van der Waals surface area contributed by atoms with Crippen molar-refractivity contribution in [3.05, 3.63) is 52.5 Å². The first-order valence-corrected chi connectivity index (χ1v) is 10.4. The summed E-state index contributed by atoms with van der Waals surface area (Å²) in [7, 11) is 3.28. The van der Waals surface area contributed by atoms with Crippen molar-refractivity contribution in [1.82, 2.24) is 10.2 Å². The van der Waals surface area contributed by atoms with Crippen LogP contribution in [0.3, 0.4) is 0 Å². The summed E-state index contributed by atoms with van der Waals surface area (Å²) in [5.74, 6) is 2.49. The number of ether oxygens (including phenoxy) is 3. The van der Waals surface area contributed by atoms with Crippen LogP contribution < -0.4 is 19.5 Å². The van der Waals surface area contributed by atoms with Gasteiger partial charge in [0.1, 0.15) is 5.75 Å². The quantitative estimate of drug-likeness (QED) is 0.698. The van der Waals surface area contributed by atoms with Crippen LogP contribution in [-0.4, -0.2) is 36.5 Å². The lowest BCUT2D eigenvalue weighted by atomic mass is 9.81. The Hall–Kier alpha value is -2.18. The van der Waals surface area contributed by atoms with E-state index in [1.807, 2.05) is 30.3 Å². The van der Waals surface area contributed by atoms with Crippen LogP contribution in [0.4, 0.5) is 0 Å². The van der Waals surface area contributed by atoms with Crippen LogP contribution in [0.25, 0.3) is 0 Å². The molecule has 3 unspecified atom stereocenters. The fourth-order valence-electron chi connectivity index (χ4n) is 4.27. The van der Waals surface area contributed by atoms with Crippen molar-refractivity contribution in [3.8, 4) is 17.2 Å². The standard InChI is InChI=1S/C22H25ClN2O3S/c1-13-20-16-12-15(23)6-8-17(16)28-22(13,2)25(21(29)24-20)10-9-14-5-7-18(26-3)19(11-14)27-4/h5-8,11-13,20H,9-10H2,1-4H3,(H,24,29). The molecule has 1 fully saturated rings. The summed E-state index contributed by atoms with van der Waals surface area (Å²) in [6.07, 6.45) is 0.798. The number of fused-ring (bicyclic) bond motifs is 4. The van der Waals surface area contributed by atoms with E-state index in [2.05, 4.69) is 30.1 Å². The number of nitrogens with zero attached hydrogens (tertiary/aromatic N) is 1. The predicted molar refractivity (Wildman–Crippen MR) is 118 cm³/mol. The Bertz CT molecular complexity index is 954. The number of hydrogen-bond acceptors (Lipinski definition) is 4. The van der Waals surface area contributed by atoms with E-state index in [4.69, 9.17) is 38.0 Å². The maximum atomic E-state index is 6.51. The topological polar surface area (TPSA) is 43.0 Å². The van der Waals surface area contributed by atoms with Crippen molar-refractivity contribution < 1.29 is 14.2 Å². The van der Waals surface area contributed by atoms with Gasteiger partial charge in [-0.2, -0.15) is 0 Å². The molecule has 3 atom stereocenters. The Morgan fingerprint density at radius 3 is 2.66 bits per heavy atom. The third-order valence-corrected chi connectivity index (χ3v) is 6.67. The third-order valence-electron chi connectivity index (χ3n) is 6.10. The maximum absolute atomic E-state index is 6.51. The van der Waals surface area contributed by atoms with Crippen LogP contribution in [0.1, 0.15) is 31.0 Å². The fraction of sp³-hybridized carbons (Fsp3) is 0.409. The highest BCUT2D eigenvalue weighted by Gasteiger charge is 2.53. The molecule has 4 rings (SSSR count). The molecule has 29 heavy (non-hydrogen) atoms. The Morgan fingerprint density at radius 2 is 1.93 bits per heavy atom. The smallest absolute Gasteiger partial charge is 0.186 e. The van der Waals surface area contributed by atoms with Crippen molar-refractivity contribution in [2.24, 2.45) is 5.92 Å². The zero-order chi connectivity index (χ0) is 20.8. The molecule has 5 nitrogen and oxygen atoms in total. The van der Waals surface area contributed by atoms with Crippen LogP contribution in [-0.2, 0) is 6.42 Å². The second-order valence-corrected chi connectivity index (χ2v) is 8.47. The number of methoxy groups -OCH3 is 2. The fourth-order valence-corrected chi connectivity index (χ4v) is 4.85. The minimum Gasteiger partial charge on any atom is -0.493 e. The van der Waals surface area contributed by atoms with Gasteiger partial charge in [0.15, 0.2) is 22.3 Å². The molecule has 2 aromatic carbocycles. The molecular weight excluding hydrogens is 408 g/mol. The monoisotopic (exact) mass is 432 g/mol. The lowest BCUT2D eigenvalue weighted by Crippen LogP contribution is -2.69. The van der Waals surface area contributed by atoms with E-state index in [0.717, 1.165) is 41.3 Å². The van der Waals surface area contributed by atoms with Gasteiger partial charge in [-0.25, -0.2) is 0 Å². The molecule has 0 amide bonds. The van der Waals surface area contributed by atoms with E-state index in [1.54, 1.807) is 14.2 Å². The van der Waals surface area contributed by atoms with Gasteiger partial charge in [-0.05, 0) is 61.5 Å². The molecule has 0 saturated carbocycles. The second kappa shape index (κ2) is 7.58. The summed E-state index contributed by atoms with van der Waals surface area (Å²) < 4.78 is 17.3. The van der Waals surface area contributed by atoms with E-state index in [9.17, 15) is 0 Å². The van der Waals surface area contributed by atoms with E-state index < -0.39 is 5.72 Å². The van der Waals surface area contributed by atoms with E-state index >= 15 is 0 Å². The molecular formula is C22H25ClN2O3S. The van der Waals surface area contributed by atoms with Gasteiger partial charge in [0, 0.05) is 23.0 Å². The summed E-state index contributed by atoms with van der Waals surface area (Å²) in [6.45, 7) is 5.02. The van der Waals surface area contributed by atoms with Crippen LogP contribution in [0.2, 0.25) is 5.02 Å². The zero-order valence-corrected chi connectivity index (χ0v) is 18.6. The van der Waals surface area contributed by atoms with Crippen molar-refractivity contribution in [1.29, 1.82) is 0 Å².